The van der Waals surface area contributed by atoms with Crippen molar-refractivity contribution in [2.45, 2.75) is 0 Å². The summed E-state index contributed by atoms with van der Waals surface area (Å²) in [5.41, 5.74) is 0.340. The van der Waals surface area contributed by atoms with Crippen LogP contribution in [0.1, 0.15) is 10.4 Å². The quantitative estimate of drug-likeness (QED) is 0.690. The van der Waals surface area contributed by atoms with Crippen molar-refractivity contribution in [1.29, 1.82) is 0 Å². The number of non-ortho nitro benzene ring substituents is 1. The molecule has 21 heavy (non-hydrogen) atoms. The molecule has 0 aromatic heterocycles. The van der Waals surface area contributed by atoms with Crippen LogP contribution in [0.5, 0.6) is 0 Å². The van der Waals surface area contributed by atoms with Crippen molar-refractivity contribution in [3.8, 4) is 0 Å². The summed E-state index contributed by atoms with van der Waals surface area (Å²) in [6, 6.07) is 9.05. The standard InChI is InChI=1S/C14H11FN2O4/c1-16(10-4-2-9(15)3-5-10)13-7-6-11(17(20)21)8-12(13)14(18)19/h2-8H,1H3,(H,18,19). The Hall–Kier alpha value is -2.96. The van der Waals surface area contributed by atoms with Gasteiger partial charge in [0.2, 0.25) is 0 Å². The molecule has 0 amide bonds. The summed E-state index contributed by atoms with van der Waals surface area (Å²) in [4.78, 5) is 22.9. The molecule has 0 saturated carbocycles. The lowest BCUT2D eigenvalue weighted by atomic mass is 10.1. The van der Waals surface area contributed by atoms with Crippen LogP contribution in [0.2, 0.25) is 0 Å². The van der Waals surface area contributed by atoms with E-state index < -0.39 is 16.7 Å². The highest BCUT2D eigenvalue weighted by Crippen LogP contribution is 2.30. The second kappa shape index (κ2) is 5.58. The Morgan fingerprint density at radius 1 is 1.24 bits per heavy atom. The first-order valence-corrected chi connectivity index (χ1v) is 5.91. The van der Waals surface area contributed by atoms with Crippen LogP contribution in [0.15, 0.2) is 42.5 Å². The lowest BCUT2D eigenvalue weighted by Gasteiger charge is -2.21. The average Bonchev–Trinajstić information content (AvgIpc) is 2.46. The molecule has 2 rings (SSSR count). The number of carboxylic acid groups (broad SMARTS) is 1. The van der Waals surface area contributed by atoms with Gasteiger partial charge < -0.3 is 10.0 Å². The lowest BCUT2D eigenvalue weighted by Crippen LogP contribution is -2.14. The maximum Gasteiger partial charge on any atom is 0.338 e. The molecule has 0 heterocycles. The lowest BCUT2D eigenvalue weighted by molar-refractivity contribution is -0.384. The predicted octanol–water partition coefficient (Wildman–Crippen LogP) is 3.20. The molecule has 2 aromatic carbocycles. The number of benzene rings is 2. The largest absolute Gasteiger partial charge is 0.478 e. The van der Waals surface area contributed by atoms with Gasteiger partial charge in [-0.1, -0.05) is 0 Å². The van der Waals surface area contributed by atoms with Crippen LogP contribution in [-0.4, -0.2) is 23.0 Å². The number of nitro benzene ring substituents is 1. The number of hydrogen-bond donors (Lipinski definition) is 1. The molecule has 2 aromatic rings. The van der Waals surface area contributed by atoms with E-state index in [2.05, 4.69) is 0 Å². The van der Waals surface area contributed by atoms with Crippen molar-refractivity contribution in [2.75, 3.05) is 11.9 Å². The fraction of sp³-hybridized carbons (Fsp3) is 0.0714. The summed E-state index contributed by atoms with van der Waals surface area (Å²) in [5.74, 6) is -1.68. The molecule has 0 fully saturated rings. The Bertz CT molecular complexity index is 701. The van der Waals surface area contributed by atoms with Crippen molar-refractivity contribution in [3.63, 3.8) is 0 Å². The molecule has 0 aliphatic carbocycles. The average molecular weight is 290 g/mol. The van der Waals surface area contributed by atoms with E-state index >= 15 is 0 Å². The van der Waals surface area contributed by atoms with Crippen molar-refractivity contribution in [3.05, 3.63) is 64.0 Å². The zero-order valence-electron chi connectivity index (χ0n) is 11.0. The highest BCUT2D eigenvalue weighted by atomic mass is 19.1. The molecule has 1 N–H and O–H groups in total. The summed E-state index contributed by atoms with van der Waals surface area (Å²) in [6.45, 7) is 0. The van der Waals surface area contributed by atoms with Crippen LogP contribution in [0, 0.1) is 15.9 Å². The van der Waals surface area contributed by atoms with E-state index in [9.17, 15) is 24.4 Å². The van der Waals surface area contributed by atoms with Crippen molar-refractivity contribution < 1.29 is 19.2 Å². The molecular weight excluding hydrogens is 279 g/mol. The topological polar surface area (TPSA) is 83.7 Å². The van der Waals surface area contributed by atoms with Gasteiger partial charge in [0, 0.05) is 24.9 Å². The van der Waals surface area contributed by atoms with Crippen molar-refractivity contribution in [1.82, 2.24) is 0 Å². The van der Waals surface area contributed by atoms with Crippen LogP contribution in [0.4, 0.5) is 21.5 Å². The third-order valence-corrected chi connectivity index (χ3v) is 3.00. The van der Waals surface area contributed by atoms with Gasteiger partial charge in [0.15, 0.2) is 0 Å². The number of carboxylic acids is 1. The summed E-state index contributed by atoms with van der Waals surface area (Å²) < 4.78 is 12.9. The minimum absolute atomic E-state index is 0.198. The van der Waals surface area contributed by atoms with Crippen LogP contribution < -0.4 is 4.90 Å². The first kappa shape index (κ1) is 14.4. The van der Waals surface area contributed by atoms with Crippen LogP contribution in [0.3, 0.4) is 0 Å². The van der Waals surface area contributed by atoms with Crippen molar-refractivity contribution in [2.24, 2.45) is 0 Å². The van der Waals surface area contributed by atoms with Gasteiger partial charge >= 0.3 is 5.97 Å². The molecule has 0 saturated heterocycles. The van der Waals surface area contributed by atoms with Crippen LogP contribution >= 0.6 is 0 Å². The Morgan fingerprint density at radius 3 is 2.38 bits per heavy atom. The summed E-state index contributed by atoms with van der Waals surface area (Å²) in [5, 5.41) is 19.9. The van der Waals surface area contributed by atoms with Gasteiger partial charge in [0.25, 0.3) is 5.69 Å². The number of anilines is 2. The molecule has 0 aliphatic heterocycles. The Balaban J connectivity index is 2.49. The number of halogens is 1. The van der Waals surface area contributed by atoms with Gasteiger partial charge in [-0.3, -0.25) is 10.1 Å². The van der Waals surface area contributed by atoms with E-state index in [0.29, 0.717) is 5.69 Å². The minimum atomic E-state index is -1.28. The molecule has 6 nitrogen and oxygen atoms in total. The number of nitro groups is 1. The van der Waals surface area contributed by atoms with Gasteiger partial charge in [-0.2, -0.15) is 0 Å². The first-order valence-electron chi connectivity index (χ1n) is 5.91. The number of hydrogen-bond acceptors (Lipinski definition) is 4. The molecule has 0 atom stereocenters. The molecular formula is C14H11FN2O4. The maximum absolute atomic E-state index is 12.9. The van der Waals surface area contributed by atoms with Gasteiger partial charge in [-0.05, 0) is 30.3 Å². The molecule has 7 heteroatoms. The van der Waals surface area contributed by atoms with Gasteiger partial charge in [0.05, 0.1) is 16.2 Å². The summed E-state index contributed by atoms with van der Waals surface area (Å²) >= 11 is 0. The number of carbonyl (C=O) groups is 1. The zero-order chi connectivity index (χ0) is 15.6. The monoisotopic (exact) mass is 290 g/mol. The highest BCUT2D eigenvalue weighted by molar-refractivity contribution is 5.96. The normalized spacial score (nSPS) is 10.2. The third-order valence-electron chi connectivity index (χ3n) is 3.00. The van der Waals surface area contributed by atoms with Crippen LogP contribution in [0.25, 0.3) is 0 Å². The smallest absolute Gasteiger partial charge is 0.338 e. The van der Waals surface area contributed by atoms with E-state index in [4.69, 9.17) is 0 Å². The Morgan fingerprint density at radius 2 is 1.86 bits per heavy atom. The molecule has 108 valence electrons. The van der Waals surface area contributed by atoms with E-state index in [0.717, 1.165) is 6.07 Å². The van der Waals surface area contributed by atoms with E-state index in [1.165, 1.54) is 41.3 Å². The first-order chi connectivity index (χ1) is 9.90. The SMILES string of the molecule is CN(c1ccc(F)cc1)c1ccc([N+](=O)[O-])cc1C(=O)O. The van der Waals surface area contributed by atoms with Crippen molar-refractivity contribution >= 4 is 23.0 Å². The zero-order valence-corrected chi connectivity index (χ0v) is 11.0. The van der Waals surface area contributed by atoms with Gasteiger partial charge in [-0.25, -0.2) is 9.18 Å². The predicted molar refractivity (Wildman–Crippen MR) is 74.5 cm³/mol. The van der Waals surface area contributed by atoms with E-state index in [1.807, 2.05) is 0 Å². The molecule has 0 bridgehead atoms. The molecule has 0 spiro atoms. The maximum atomic E-state index is 12.9. The van der Waals surface area contributed by atoms with Gasteiger partial charge in [0.1, 0.15) is 5.82 Å². The fourth-order valence-electron chi connectivity index (χ4n) is 1.91. The second-order valence-corrected chi connectivity index (χ2v) is 4.30. The number of nitrogens with zero attached hydrogens (tertiary/aromatic N) is 2. The summed E-state index contributed by atoms with van der Waals surface area (Å²) in [7, 11) is 1.60. The van der Waals surface area contributed by atoms with Crippen LogP contribution in [-0.2, 0) is 0 Å². The molecule has 0 aliphatic rings. The third kappa shape index (κ3) is 2.97. The highest BCUT2D eigenvalue weighted by Gasteiger charge is 2.19. The summed E-state index contributed by atoms with van der Waals surface area (Å²) in [6.07, 6.45) is 0. The number of rotatable bonds is 4. The Kier molecular flexibility index (Phi) is 3.84. The minimum Gasteiger partial charge on any atom is -0.478 e. The molecule has 0 unspecified atom stereocenters. The second-order valence-electron chi connectivity index (χ2n) is 4.30. The van der Waals surface area contributed by atoms with Gasteiger partial charge in [-0.15, -0.1) is 0 Å². The molecule has 0 radical (unpaired) electrons. The number of aromatic carboxylic acids is 1. The fourth-order valence-corrected chi connectivity index (χ4v) is 1.91. The van der Waals surface area contributed by atoms with E-state index in [1.54, 1.807) is 7.05 Å². The van der Waals surface area contributed by atoms with E-state index in [-0.39, 0.29) is 16.9 Å². The Labute approximate surface area is 119 Å².